The molecule has 2 aromatic carbocycles. The first-order valence-corrected chi connectivity index (χ1v) is 11.3. The summed E-state index contributed by atoms with van der Waals surface area (Å²) in [6.07, 6.45) is 4.99. The second-order valence-corrected chi connectivity index (χ2v) is 9.29. The van der Waals surface area contributed by atoms with Crippen molar-refractivity contribution in [1.82, 2.24) is 10.2 Å². The van der Waals surface area contributed by atoms with Gasteiger partial charge in [0.2, 0.25) is 11.8 Å². The van der Waals surface area contributed by atoms with Gasteiger partial charge >= 0.3 is 0 Å². The summed E-state index contributed by atoms with van der Waals surface area (Å²) in [5.41, 5.74) is 3.28. The van der Waals surface area contributed by atoms with Crippen molar-refractivity contribution in [2.75, 3.05) is 6.54 Å². The first-order valence-electron chi connectivity index (χ1n) is 11.3. The predicted molar refractivity (Wildman–Crippen MR) is 127 cm³/mol. The molecule has 1 aliphatic rings. The van der Waals surface area contributed by atoms with Crippen molar-refractivity contribution in [3.05, 3.63) is 66.2 Å². The summed E-state index contributed by atoms with van der Waals surface area (Å²) in [5.74, 6) is 0.672. The zero-order valence-electron chi connectivity index (χ0n) is 19.0. The molecule has 2 amide bonds. The van der Waals surface area contributed by atoms with Crippen molar-refractivity contribution in [2.24, 2.45) is 11.8 Å². The molecule has 164 valence electrons. The molecule has 2 atom stereocenters. The predicted octanol–water partition coefficient (Wildman–Crippen LogP) is 5.15. The van der Waals surface area contributed by atoms with Gasteiger partial charge in [-0.1, -0.05) is 82.3 Å². The number of amides is 2. The minimum atomic E-state index is -0.402. The van der Waals surface area contributed by atoms with Gasteiger partial charge in [0.15, 0.2) is 0 Å². The van der Waals surface area contributed by atoms with Crippen LogP contribution in [0.25, 0.3) is 17.2 Å². The number of carbonyl (C=O) groups excluding carboxylic acids is 2. The summed E-state index contributed by atoms with van der Waals surface area (Å²) in [6, 6.07) is 18.0. The molecular weight excluding hydrogens is 384 g/mol. The second-order valence-electron chi connectivity index (χ2n) is 9.29. The molecule has 2 aromatic rings. The Morgan fingerprint density at radius 2 is 1.58 bits per heavy atom. The Morgan fingerprint density at radius 3 is 2.19 bits per heavy atom. The van der Waals surface area contributed by atoms with E-state index >= 15 is 0 Å². The third kappa shape index (κ3) is 6.30. The molecule has 0 saturated carbocycles. The average Bonchev–Trinajstić information content (AvgIpc) is 2.74. The zero-order chi connectivity index (χ0) is 22.4. The maximum absolute atomic E-state index is 13.1. The minimum Gasteiger partial charge on any atom is -0.350 e. The van der Waals surface area contributed by atoms with Gasteiger partial charge in [-0.05, 0) is 47.4 Å². The maximum atomic E-state index is 13.1. The van der Waals surface area contributed by atoms with Crippen LogP contribution in [0.2, 0.25) is 0 Å². The van der Waals surface area contributed by atoms with E-state index in [0.29, 0.717) is 24.8 Å². The van der Waals surface area contributed by atoms with E-state index in [2.05, 4.69) is 57.3 Å². The van der Waals surface area contributed by atoms with Crippen LogP contribution < -0.4 is 5.32 Å². The van der Waals surface area contributed by atoms with E-state index in [1.54, 1.807) is 11.0 Å². The first kappa shape index (κ1) is 22.8. The monoisotopic (exact) mass is 418 g/mol. The van der Waals surface area contributed by atoms with Crippen molar-refractivity contribution >= 4 is 17.9 Å². The number of nitrogens with one attached hydrogen (secondary N) is 1. The van der Waals surface area contributed by atoms with E-state index in [4.69, 9.17) is 0 Å². The summed E-state index contributed by atoms with van der Waals surface area (Å²) in [5, 5.41) is 3.13. The molecule has 0 aliphatic carbocycles. The van der Waals surface area contributed by atoms with E-state index in [-0.39, 0.29) is 17.9 Å². The highest BCUT2D eigenvalue weighted by Gasteiger charge is 2.36. The molecule has 1 fully saturated rings. The number of carbonyl (C=O) groups is 2. The largest absolute Gasteiger partial charge is 0.350 e. The van der Waals surface area contributed by atoms with Gasteiger partial charge in [0.1, 0.15) is 6.04 Å². The van der Waals surface area contributed by atoms with Crippen molar-refractivity contribution in [3.8, 4) is 11.1 Å². The minimum absolute atomic E-state index is 0.0124. The number of rotatable bonds is 7. The Bertz CT molecular complexity index is 901. The molecule has 4 nitrogen and oxygen atoms in total. The average molecular weight is 419 g/mol. The van der Waals surface area contributed by atoms with E-state index in [1.165, 1.54) is 5.56 Å². The van der Waals surface area contributed by atoms with Crippen LogP contribution >= 0.6 is 0 Å². The highest BCUT2D eigenvalue weighted by Crippen LogP contribution is 2.22. The Balaban J connectivity index is 1.73. The molecule has 0 aromatic heterocycles. The third-order valence-corrected chi connectivity index (χ3v) is 5.61. The normalized spacial score (nSPS) is 19.3. The molecule has 31 heavy (non-hydrogen) atoms. The van der Waals surface area contributed by atoms with Crippen LogP contribution in [0, 0.1) is 11.8 Å². The Labute approximate surface area is 186 Å². The van der Waals surface area contributed by atoms with E-state index in [1.807, 2.05) is 36.4 Å². The highest BCUT2D eigenvalue weighted by molar-refractivity contribution is 5.96. The van der Waals surface area contributed by atoms with Crippen LogP contribution in [0.1, 0.15) is 46.1 Å². The summed E-state index contributed by atoms with van der Waals surface area (Å²) >= 11 is 0. The fourth-order valence-electron chi connectivity index (χ4n) is 4.16. The van der Waals surface area contributed by atoms with Gasteiger partial charge in [-0.25, -0.2) is 0 Å². The molecule has 1 aliphatic heterocycles. The van der Waals surface area contributed by atoms with Crippen LogP contribution in [-0.4, -0.2) is 35.3 Å². The number of hydrogen-bond acceptors (Lipinski definition) is 2. The van der Waals surface area contributed by atoms with Gasteiger partial charge < -0.3 is 10.2 Å². The van der Waals surface area contributed by atoms with Gasteiger partial charge in [-0.3, -0.25) is 9.59 Å². The molecule has 0 radical (unpaired) electrons. The molecule has 0 spiro atoms. The molecule has 1 N–H and O–H groups in total. The second kappa shape index (κ2) is 10.4. The standard InChI is InChI=1S/C27H34N2O2/c1-19(2)16-24-18-29(25(17-20(3)4)27(31)28-24)26(30)15-12-21-10-13-23(14-11-21)22-8-6-5-7-9-22/h5-15,19-20,24-25H,16-18H2,1-4H3,(H,28,31)/t24-,25-/m0/s1. The van der Waals surface area contributed by atoms with Gasteiger partial charge in [-0.2, -0.15) is 0 Å². The van der Waals surface area contributed by atoms with E-state index in [0.717, 1.165) is 17.5 Å². The Morgan fingerprint density at radius 1 is 0.968 bits per heavy atom. The quantitative estimate of drug-likeness (QED) is 0.632. The molecule has 1 heterocycles. The van der Waals surface area contributed by atoms with Crippen LogP contribution in [0.3, 0.4) is 0 Å². The maximum Gasteiger partial charge on any atom is 0.247 e. The van der Waals surface area contributed by atoms with Crippen LogP contribution in [0.5, 0.6) is 0 Å². The Hall–Kier alpha value is -2.88. The zero-order valence-corrected chi connectivity index (χ0v) is 19.0. The molecular formula is C27H34N2O2. The smallest absolute Gasteiger partial charge is 0.247 e. The lowest BCUT2D eigenvalue weighted by molar-refractivity contribution is -0.142. The Kier molecular flexibility index (Phi) is 7.67. The topological polar surface area (TPSA) is 49.4 Å². The van der Waals surface area contributed by atoms with Crippen molar-refractivity contribution < 1.29 is 9.59 Å². The number of benzene rings is 2. The molecule has 0 bridgehead atoms. The highest BCUT2D eigenvalue weighted by atomic mass is 16.2. The van der Waals surface area contributed by atoms with E-state index < -0.39 is 6.04 Å². The molecule has 0 unspecified atom stereocenters. The van der Waals surface area contributed by atoms with Gasteiger partial charge in [0.05, 0.1) is 0 Å². The van der Waals surface area contributed by atoms with Crippen LogP contribution in [0.15, 0.2) is 60.7 Å². The van der Waals surface area contributed by atoms with Crippen molar-refractivity contribution in [3.63, 3.8) is 0 Å². The lowest BCUT2D eigenvalue weighted by atomic mass is 9.95. The van der Waals surface area contributed by atoms with E-state index in [9.17, 15) is 9.59 Å². The van der Waals surface area contributed by atoms with Gasteiger partial charge in [0, 0.05) is 18.7 Å². The number of hydrogen-bond donors (Lipinski definition) is 1. The first-order chi connectivity index (χ1) is 14.8. The fourth-order valence-corrected chi connectivity index (χ4v) is 4.16. The SMILES string of the molecule is CC(C)C[C@H]1CN(C(=O)C=Cc2ccc(-c3ccccc3)cc2)[C@@H](CC(C)C)C(=O)N1. The summed E-state index contributed by atoms with van der Waals surface area (Å²) in [4.78, 5) is 27.6. The summed E-state index contributed by atoms with van der Waals surface area (Å²) in [6.45, 7) is 9.01. The molecule has 1 saturated heterocycles. The molecule has 3 rings (SSSR count). The molecule has 4 heteroatoms. The van der Waals surface area contributed by atoms with Crippen LogP contribution in [0.4, 0.5) is 0 Å². The summed E-state index contributed by atoms with van der Waals surface area (Å²) in [7, 11) is 0. The fraction of sp³-hybridized carbons (Fsp3) is 0.407. The number of piperazine rings is 1. The van der Waals surface area contributed by atoms with Crippen LogP contribution in [-0.2, 0) is 9.59 Å². The lowest BCUT2D eigenvalue weighted by Gasteiger charge is -2.40. The number of nitrogens with zero attached hydrogens (tertiary/aromatic N) is 1. The van der Waals surface area contributed by atoms with Gasteiger partial charge in [0.25, 0.3) is 0 Å². The lowest BCUT2D eigenvalue weighted by Crippen LogP contribution is -2.61. The van der Waals surface area contributed by atoms with Crippen molar-refractivity contribution in [2.45, 2.75) is 52.6 Å². The van der Waals surface area contributed by atoms with Crippen molar-refractivity contribution in [1.29, 1.82) is 0 Å². The third-order valence-electron chi connectivity index (χ3n) is 5.61. The summed E-state index contributed by atoms with van der Waals surface area (Å²) < 4.78 is 0. The van der Waals surface area contributed by atoms with Gasteiger partial charge in [-0.15, -0.1) is 0 Å².